The zero-order chi connectivity index (χ0) is 22.0. The van der Waals surface area contributed by atoms with Crippen LogP contribution in [0.5, 0.6) is 5.75 Å². The fourth-order valence-corrected chi connectivity index (χ4v) is 3.88. The molecule has 0 bridgehead atoms. The van der Waals surface area contributed by atoms with Crippen molar-refractivity contribution in [3.63, 3.8) is 0 Å². The second-order valence-electron chi connectivity index (χ2n) is 7.36. The molecule has 4 rings (SSSR count). The molecule has 2 heterocycles. The molecular formula is C25H22N2O4. The zero-order valence-corrected chi connectivity index (χ0v) is 17.3. The Hall–Kier alpha value is -3.93. The zero-order valence-electron chi connectivity index (χ0n) is 17.3. The van der Waals surface area contributed by atoms with E-state index in [-0.39, 0.29) is 17.9 Å². The van der Waals surface area contributed by atoms with Gasteiger partial charge in [0.15, 0.2) is 0 Å². The molecule has 3 aromatic rings. The predicted octanol–water partition coefficient (Wildman–Crippen LogP) is 4.02. The molecule has 1 aliphatic rings. The lowest BCUT2D eigenvalue weighted by Crippen LogP contribution is -2.29. The average Bonchev–Trinajstić information content (AvgIpc) is 3.04. The van der Waals surface area contributed by atoms with Crippen LogP contribution in [0.2, 0.25) is 0 Å². The molecule has 0 saturated carbocycles. The number of benzene rings is 2. The topological polar surface area (TPSA) is 79.7 Å². The number of aromatic nitrogens is 1. The number of aliphatic hydroxyl groups excluding tert-OH is 1. The summed E-state index contributed by atoms with van der Waals surface area (Å²) < 4.78 is 5.36. The first-order chi connectivity index (χ1) is 15.0. The van der Waals surface area contributed by atoms with Gasteiger partial charge in [0.05, 0.1) is 36.5 Å². The van der Waals surface area contributed by atoms with Gasteiger partial charge >= 0.3 is 0 Å². The van der Waals surface area contributed by atoms with E-state index in [1.807, 2.05) is 37.3 Å². The normalized spacial score (nSPS) is 17.7. The summed E-state index contributed by atoms with van der Waals surface area (Å²) in [6.07, 6.45) is 1.64. The number of carbonyl (C=O) groups is 2. The van der Waals surface area contributed by atoms with Gasteiger partial charge in [-0.1, -0.05) is 48.0 Å². The second-order valence-corrected chi connectivity index (χ2v) is 7.36. The van der Waals surface area contributed by atoms with Gasteiger partial charge in [-0.3, -0.25) is 14.6 Å². The van der Waals surface area contributed by atoms with Gasteiger partial charge in [-0.05, 0) is 36.8 Å². The number of para-hydroxylation sites is 1. The van der Waals surface area contributed by atoms with Crippen LogP contribution in [0.15, 0.2) is 78.5 Å². The number of pyridine rings is 1. The Labute approximate surface area is 180 Å². The van der Waals surface area contributed by atoms with E-state index in [9.17, 15) is 14.7 Å². The fraction of sp³-hybridized carbons (Fsp3) is 0.160. The van der Waals surface area contributed by atoms with Crippen LogP contribution in [0, 0.1) is 6.92 Å². The maximum Gasteiger partial charge on any atom is 0.296 e. The lowest BCUT2D eigenvalue weighted by molar-refractivity contribution is -0.140. The van der Waals surface area contributed by atoms with Gasteiger partial charge in [0, 0.05) is 6.20 Å². The molecule has 1 unspecified atom stereocenters. The van der Waals surface area contributed by atoms with Gasteiger partial charge in [0.25, 0.3) is 11.7 Å². The summed E-state index contributed by atoms with van der Waals surface area (Å²) in [5, 5.41) is 11.2. The monoisotopic (exact) mass is 414 g/mol. The van der Waals surface area contributed by atoms with E-state index < -0.39 is 17.7 Å². The Morgan fingerprint density at radius 1 is 1.06 bits per heavy atom. The van der Waals surface area contributed by atoms with Gasteiger partial charge in [-0.25, -0.2) is 0 Å². The van der Waals surface area contributed by atoms with E-state index in [1.165, 1.54) is 12.0 Å². The molecule has 1 atom stereocenters. The first-order valence-electron chi connectivity index (χ1n) is 9.89. The molecule has 31 heavy (non-hydrogen) atoms. The SMILES string of the molecule is COc1ccccc1/C(O)=C1/C(=O)C(=O)N(Cc2ccccn2)C1c1cccc(C)c1. The number of methoxy groups -OCH3 is 1. The molecular weight excluding hydrogens is 392 g/mol. The third-order valence-electron chi connectivity index (χ3n) is 5.32. The second kappa shape index (κ2) is 8.44. The molecule has 156 valence electrons. The van der Waals surface area contributed by atoms with Gasteiger partial charge in [0.2, 0.25) is 0 Å². The van der Waals surface area contributed by atoms with Crippen molar-refractivity contribution >= 4 is 17.4 Å². The Bertz CT molecular complexity index is 1170. The molecule has 1 N–H and O–H groups in total. The Balaban J connectivity index is 1.90. The highest BCUT2D eigenvalue weighted by Crippen LogP contribution is 2.41. The molecule has 1 aromatic heterocycles. The van der Waals surface area contributed by atoms with Crippen molar-refractivity contribution in [1.82, 2.24) is 9.88 Å². The van der Waals surface area contributed by atoms with Crippen LogP contribution in [-0.4, -0.2) is 33.8 Å². The number of hydrogen-bond acceptors (Lipinski definition) is 5. The largest absolute Gasteiger partial charge is 0.507 e. The smallest absolute Gasteiger partial charge is 0.296 e. The highest BCUT2D eigenvalue weighted by atomic mass is 16.5. The number of ether oxygens (including phenoxy) is 1. The number of ketones is 1. The molecule has 1 amide bonds. The number of nitrogens with zero attached hydrogens (tertiary/aromatic N) is 2. The summed E-state index contributed by atoms with van der Waals surface area (Å²) in [5.41, 5.74) is 2.78. The Kier molecular flexibility index (Phi) is 5.54. The summed E-state index contributed by atoms with van der Waals surface area (Å²) in [4.78, 5) is 31.9. The Morgan fingerprint density at radius 3 is 2.55 bits per heavy atom. The lowest BCUT2D eigenvalue weighted by atomic mass is 9.94. The van der Waals surface area contributed by atoms with Gasteiger partial charge in [-0.15, -0.1) is 0 Å². The van der Waals surface area contributed by atoms with Crippen molar-refractivity contribution < 1.29 is 19.4 Å². The van der Waals surface area contributed by atoms with E-state index in [0.29, 0.717) is 17.0 Å². The summed E-state index contributed by atoms with van der Waals surface area (Å²) in [5.74, 6) is -1.25. The minimum atomic E-state index is -0.744. The number of aryl methyl sites for hydroxylation is 1. The average molecular weight is 414 g/mol. The summed E-state index contributed by atoms with van der Waals surface area (Å²) in [7, 11) is 1.49. The molecule has 0 aliphatic carbocycles. The lowest BCUT2D eigenvalue weighted by Gasteiger charge is -2.25. The molecule has 1 aliphatic heterocycles. The van der Waals surface area contributed by atoms with E-state index in [4.69, 9.17) is 4.74 Å². The minimum Gasteiger partial charge on any atom is -0.507 e. The van der Waals surface area contributed by atoms with E-state index in [2.05, 4.69) is 4.98 Å². The van der Waals surface area contributed by atoms with Crippen LogP contribution in [0.3, 0.4) is 0 Å². The number of aliphatic hydroxyl groups is 1. The van der Waals surface area contributed by atoms with E-state index in [1.54, 1.807) is 42.6 Å². The van der Waals surface area contributed by atoms with Crippen LogP contribution >= 0.6 is 0 Å². The maximum absolute atomic E-state index is 13.1. The molecule has 0 spiro atoms. The van der Waals surface area contributed by atoms with Gasteiger partial charge in [0.1, 0.15) is 11.5 Å². The fourth-order valence-electron chi connectivity index (χ4n) is 3.88. The molecule has 0 radical (unpaired) electrons. The summed E-state index contributed by atoms with van der Waals surface area (Å²) in [6.45, 7) is 2.08. The number of likely N-dealkylation sites (tertiary alicyclic amines) is 1. The summed E-state index contributed by atoms with van der Waals surface area (Å²) in [6, 6.07) is 19.1. The highest BCUT2D eigenvalue weighted by Gasteiger charge is 2.46. The third kappa shape index (κ3) is 3.80. The molecule has 1 saturated heterocycles. The standard InChI is InChI=1S/C25H22N2O4/c1-16-8-7-9-17(14-16)22-21(23(28)19-11-3-4-12-20(19)31-2)24(29)25(30)27(22)15-18-10-5-6-13-26-18/h3-14,22,28H,15H2,1-2H3/b23-21-. The third-order valence-corrected chi connectivity index (χ3v) is 5.32. The molecule has 2 aromatic carbocycles. The minimum absolute atomic E-state index is 0.0380. The quantitative estimate of drug-likeness (QED) is 0.388. The van der Waals surface area contributed by atoms with Gasteiger partial charge in [-0.2, -0.15) is 0 Å². The molecule has 1 fully saturated rings. The Morgan fingerprint density at radius 2 is 1.84 bits per heavy atom. The number of carbonyl (C=O) groups excluding carboxylic acids is 2. The van der Waals surface area contributed by atoms with Crippen molar-refractivity contribution in [1.29, 1.82) is 0 Å². The van der Waals surface area contributed by atoms with Crippen LogP contribution in [0.25, 0.3) is 5.76 Å². The van der Waals surface area contributed by atoms with E-state index in [0.717, 1.165) is 11.1 Å². The van der Waals surface area contributed by atoms with Crippen LogP contribution in [0.4, 0.5) is 0 Å². The van der Waals surface area contributed by atoms with Crippen molar-refractivity contribution in [2.45, 2.75) is 19.5 Å². The van der Waals surface area contributed by atoms with Crippen molar-refractivity contribution in [3.8, 4) is 5.75 Å². The number of hydrogen-bond donors (Lipinski definition) is 1. The number of Topliss-reactive ketones (excluding diaryl/α,β-unsaturated/α-hetero) is 1. The molecule has 6 heteroatoms. The number of rotatable bonds is 5. The van der Waals surface area contributed by atoms with Crippen molar-refractivity contribution in [2.24, 2.45) is 0 Å². The maximum atomic E-state index is 13.1. The van der Waals surface area contributed by atoms with Crippen LogP contribution < -0.4 is 4.74 Å². The van der Waals surface area contributed by atoms with E-state index >= 15 is 0 Å². The summed E-state index contributed by atoms with van der Waals surface area (Å²) >= 11 is 0. The highest BCUT2D eigenvalue weighted by molar-refractivity contribution is 6.46. The van der Waals surface area contributed by atoms with Crippen molar-refractivity contribution in [2.75, 3.05) is 7.11 Å². The first-order valence-corrected chi connectivity index (χ1v) is 9.89. The first kappa shape index (κ1) is 20.3. The molecule has 6 nitrogen and oxygen atoms in total. The van der Waals surface area contributed by atoms with Gasteiger partial charge < -0.3 is 14.7 Å². The predicted molar refractivity (Wildman–Crippen MR) is 116 cm³/mol. The van der Waals surface area contributed by atoms with Crippen LogP contribution in [0.1, 0.15) is 28.4 Å². The van der Waals surface area contributed by atoms with Crippen LogP contribution in [-0.2, 0) is 16.1 Å². The van der Waals surface area contributed by atoms with Crippen molar-refractivity contribution in [3.05, 3.63) is 101 Å². The number of amides is 1.